The van der Waals surface area contributed by atoms with E-state index in [9.17, 15) is 14.4 Å². The molecule has 3 amide bonds. The van der Waals surface area contributed by atoms with Crippen LogP contribution in [0.5, 0.6) is 0 Å². The van der Waals surface area contributed by atoms with Gasteiger partial charge in [-0.3, -0.25) is 24.0 Å². The summed E-state index contributed by atoms with van der Waals surface area (Å²) in [7, 11) is 1.45. The van der Waals surface area contributed by atoms with Gasteiger partial charge in [-0.25, -0.2) is 0 Å². The summed E-state index contributed by atoms with van der Waals surface area (Å²) in [6.45, 7) is 8.94. The van der Waals surface area contributed by atoms with Crippen molar-refractivity contribution in [2.24, 2.45) is 5.92 Å². The number of anilines is 1. The standard InChI is InChI=1S/C20H24N4O3/c1-11(2)10-24-13(4)16(12(3)22-24)9-18(25)21-14-6-7-15-17(8-14)20(27)23(5)19(15)26/h6-8,11H,9-10H2,1-5H3,(H,21,25). The van der Waals surface area contributed by atoms with Gasteiger partial charge in [-0.05, 0) is 38.0 Å². The Morgan fingerprint density at radius 1 is 1.15 bits per heavy atom. The molecule has 7 heteroatoms. The fourth-order valence-corrected chi connectivity index (χ4v) is 3.32. The van der Waals surface area contributed by atoms with Crippen molar-refractivity contribution in [3.05, 3.63) is 46.3 Å². The van der Waals surface area contributed by atoms with Crippen molar-refractivity contribution in [3.8, 4) is 0 Å². The van der Waals surface area contributed by atoms with E-state index < -0.39 is 0 Å². The molecule has 0 bridgehead atoms. The normalized spacial score (nSPS) is 13.5. The third-order valence-electron chi connectivity index (χ3n) is 4.78. The Labute approximate surface area is 158 Å². The monoisotopic (exact) mass is 368 g/mol. The molecule has 2 heterocycles. The van der Waals surface area contributed by atoms with Gasteiger partial charge in [0.2, 0.25) is 5.91 Å². The summed E-state index contributed by atoms with van der Waals surface area (Å²) in [4.78, 5) is 37.6. The third kappa shape index (κ3) is 3.49. The van der Waals surface area contributed by atoms with Crippen molar-refractivity contribution in [1.29, 1.82) is 0 Å². The predicted molar refractivity (Wildman–Crippen MR) is 102 cm³/mol. The van der Waals surface area contributed by atoms with Crippen molar-refractivity contribution >= 4 is 23.4 Å². The smallest absolute Gasteiger partial charge is 0.261 e. The summed E-state index contributed by atoms with van der Waals surface area (Å²) >= 11 is 0. The van der Waals surface area contributed by atoms with Gasteiger partial charge >= 0.3 is 0 Å². The maximum Gasteiger partial charge on any atom is 0.261 e. The molecule has 0 aliphatic carbocycles. The number of hydrogen-bond donors (Lipinski definition) is 1. The number of rotatable bonds is 5. The van der Waals surface area contributed by atoms with Gasteiger partial charge in [0.25, 0.3) is 11.8 Å². The summed E-state index contributed by atoms with van der Waals surface area (Å²) in [5, 5.41) is 7.35. The van der Waals surface area contributed by atoms with Gasteiger partial charge in [0.15, 0.2) is 0 Å². The van der Waals surface area contributed by atoms with Crippen LogP contribution >= 0.6 is 0 Å². The molecule has 0 radical (unpaired) electrons. The van der Waals surface area contributed by atoms with Gasteiger partial charge in [0, 0.05) is 30.5 Å². The van der Waals surface area contributed by atoms with Gasteiger partial charge in [0.05, 0.1) is 23.2 Å². The van der Waals surface area contributed by atoms with Crippen molar-refractivity contribution < 1.29 is 14.4 Å². The molecule has 1 aliphatic heterocycles. The van der Waals surface area contributed by atoms with E-state index in [0.29, 0.717) is 22.7 Å². The van der Waals surface area contributed by atoms with Crippen LogP contribution in [0.1, 0.15) is 51.5 Å². The van der Waals surface area contributed by atoms with E-state index in [0.717, 1.165) is 28.4 Å². The highest BCUT2D eigenvalue weighted by molar-refractivity contribution is 6.21. The Morgan fingerprint density at radius 3 is 2.48 bits per heavy atom. The van der Waals surface area contributed by atoms with Gasteiger partial charge in [-0.15, -0.1) is 0 Å². The first-order chi connectivity index (χ1) is 12.7. The number of nitrogens with one attached hydrogen (secondary N) is 1. The molecule has 0 saturated heterocycles. The Balaban J connectivity index is 1.75. The zero-order valence-corrected chi connectivity index (χ0v) is 16.3. The van der Waals surface area contributed by atoms with Gasteiger partial charge in [-0.1, -0.05) is 13.8 Å². The first kappa shape index (κ1) is 18.8. The number of aromatic nitrogens is 2. The summed E-state index contributed by atoms with van der Waals surface area (Å²) in [6.07, 6.45) is 0.208. The van der Waals surface area contributed by atoms with E-state index in [1.807, 2.05) is 18.5 Å². The van der Waals surface area contributed by atoms with Gasteiger partial charge < -0.3 is 5.32 Å². The lowest BCUT2D eigenvalue weighted by molar-refractivity contribution is -0.115. The van der Waals surface area contributed by atoms with Crippen LogP contribution in [0.3, 0.4) is 0 Å². The number of amides is 3. The highest BCUT2D eigenvalue weighted by Crippen LogP contribution is 2.25. The Hall–Kier alpha value is -2.96. The average Bonchev–Trinajstić information content (AvgIpc) is 2.97. The number of imide groups is 1. The molecule has 0 fully saturated rings. The highest BCUT2D eigenvalue weighted by atomic mass is 16.2. The number of hydrogen-bond acceptors (Lipinski definition) is 4. The van der Waals surface area contributed by atoms with Gasteiger partial charge in [0.1, 0.15) is 0 Å². The average molecular weight is 368 g/mol. The Bertz CT molecular complexity index is 943. The fourth-order valence-electron chi connectivity index (χ4n) is 3.32. The van der Waals surface area contributed by atoms with Crippen LogP contribution in [0.4, 0.5) is 5.69 Å². The molecule has 0 unspecified atom stereocenters. The number of fused-ring (bicyclic) bond motifs is 1. The number of benzene rings is 1. The molecular formula is C20H24N4O3. The quantitative estimate of drug-likeness (QED) is 0.822. The molecule has 1 aliphatic rings. The van der Waals surface area contributed by atoms with Crippen LogP contribution in [0.15, 0.2) is 18.2 Å². The van der Waals surface area contributed by atoms with Crippen LogP contribution in [0, 0.1) is 19.8 Å². The number of carbonyl (C=O) groups excluding carboxylic acids is 3. The molecule has 0 saturated carbocycles. The molecule has 0 spiro atoms. The van der Waals surface area contributed by atoms with Gasteiger partial charge in [-0.2, -0.15) is 5.10 Å². The number of carbonyl (C=O) groups is 3. The molecule has 1 N–H and O–H groups in total. The van der Waals surface area contributed by atoms with E-state index in [1.165, 1.54) is 7.05 Å². The minimum Gasteiger partial charge on any atom is -0.326 e. The second-order valence-electron chi connectivity index (χ2n) is 7.38. The SMILES string of the molecule is Cc1nn(CC(C)C)c(C)c1CC(=O)Nc1ccc2c(c1)C(=O)N(C)C2=O. The lowest BCUT2D eigenvalue weighted by atomic mass is 10.1. The maximum absolute atomic E-state index is 12.5. The second kappa shape index (κ2) is 6.98. The number of nitrogens with zero attached hydrogens (tertiary/aromatic N) is 3. The largest absolute Gasteiger partial charge is 0.326 e. The first-order valence-corrected chi connectivity index (χ1v) is 8.98. The molecule has 0 atom stereocenters. The minimum absolute atomic E-state index is 0.185. The van der Waals surface area contributed by atoms with Crippen molar-refractivity contribution in [1.82, 2.24) is 14.7 Å². The van der Waals surface area contributed by atoms with E-state index in [4.69, 9.17) is 0 Å². The first-order valence-electron chi connectivity index (χ1n) is 8.98. The molecule has 3 rings (SSSR count). The van der Waals surface area contributed by atoms with E-state index in [2.05, 4.69) is 24.3 Å². The highest BCUT2D eigenvalue weighted by Gasteiger charge is 2.32. The second-order valence-corrected chi connectivity index (χ2v) is 7.38. The third-order valence-corrected chi connectivity index (χ3v) is 4.78. The molecule has 1 aromatic carbocycles. The van der Waals surface area contributed by atoms with E-state index >= 15 is 0 Å². The zero-order chi connectivity index (χ0) is 19.9. The molecular weight excluding hydrogens is 344 g/mol. The zero-order valence-electron chi connectivity index (χ0n) is 16.3. The van der Waals surface area contributed by atoms with Crippen LogP contribution in [0.2, 0.25) is 0 Å². The van der Waals surface area contributed by atoms with Crippen LogP contribution < -0.4 is 5.32 Å². The Kier molecular flexibility index (Phi) is 4.87. The summed E-state index contributed by atoms with van der Waals surface area (Å²) in [5.41, 5.74) is 3.94. The summed E-state index contributed by atoms with van der Waals surface area (Å²) < 4.78 is 1.94. The molecule has 1 aromatic heterocycles. The topological polar surface area (TPSA) is 84.3 Å². The van der Waals surface area contributed by atoms with Crippen molar-refractivity contribution in [2.45, 2.75) is 40.7 Å². The molecule has 7 nitrogen and oxygen atoms in total. The summed E-state index contributed by atoms with van der Waals surface area (Å²) in [5.74, 6) is -0.394. The lowest BCUT2D eigenvalue weighted by Gasteiger charge is -2.09. The van der Waals surface area contributed by atoms with Crippen LogP contribution in [-0.4, -0.2) is 39.4 Å². The Morgan fingerprint density at radius 2 is 1.81 bits per heavy atom. The van der Waals surface area contributed by atoms with Crippen LogP contribution in [0.25, 0.3) is 0 Å². The molecule has 142 valence electrons. The van der Waals surface area contributed by atoms with E-state index in [1.54, 1.807) is 18.2 Å². The van der Waals surface area contributed by atoms with E-state index in [-0.39, 0.29) is 24.1 Å². The maximum atomic E-state index is 12.5. The predicted octanol–water partition coefficient (Wildman–Crippen LogP) is 2.56. The minimum atomic E-state index is -0.354. The molecule has 2 aromatic rings. The lowest BCUT2D eigenvalue weighted by Crippen LogP contribution is -2.24. The van der Waals surface area contributed by atoms with Crippen molar-refractivity contribution in [2.75, 3.05) is 12.4 Å². The molecule has 27 heavy (non-hydrogen) atoms. The number of aryl methyl sites for hydroxylation is 1. The van der Waals surface area contributed by atoms with Crippen molar-refractivity contribution in [3.63, 3.8) is 0 Å². The van der Waals surface area contributed by atoms with Crippen LogP contribution in [-0.2, 0) is 17.8 Å². The fraction of sp³-hybridized carbons (Fsp3) is 0.400. The summed E-state index contributed by atoms with van der Waals surface area (Å²) in [6, 6.07) is 4.77.